The molecule has 0 saturated heterocycles. The van der Waals surface area contributed by atoms with Crippen LogP contribution in [0.2, 0.25) is 0 Å². The first-order valence-corrected chi connectivity index (χ1v) is 7.40. The number of hydrogen-bond donors (Lipinski definition) is 1. The molecule has 0 aliphatic carbocycles. The van der Waals surface area contributed by atoms with E-state index >= 15 is 0 Å². The van der Waals surface area contributed by atoms with Gasteiger partial charge in [0, 0.05) is 17.5 Å². The van der Waals surface area contributed by atoms with E-state index in [1.807, 2.05) is 17.5 Å². The molecule has 2 rings (SSSR count). The number of esters is 1. The van der Waals surface area contributed by atoms with Gasteiger partial charge in [-0.3, -0.25) is 4.79 Å². The number of aromatic nitrogens is 1. The fourth-order valence-electron chi connectivity index (χ4n) is 2.02. The maximum atomic E-state index is 11.7. The lowest BCUT2D eigenvalue weighted by molar-refractivity contribution is -0.143. The van der Waals surface area contributed by atoms with Crippen molar-refractivity contribution < 1.29 is 14.6 Å². The Labute approximate surface area is 122 Å². The summed E-state index contributed by atoms with van der Waals surface area (Å²) in [5.74, 6) is 0.0509. The third-order valence-electron chi connectivity index (χ3n) is 2.94. The third kappa shape index (κ3) is 4.06. The Balaban J connectivity index is 2.10. The summed E-state index contributed by atoms with van der Waals surface area (Å²) in [7, 11) is 0. The quantitative estimate of drug-likeness (QED) is 0.831. The first kappa shape index (κ1) is 14.5. The molecule has 1 N–H and O–H groups in total. The van der Waals surface area contributed by atoms with Crippen molar-refractivity contribution in [2.45, 2.75) is 25.7 Å². The molecule has 0 aliphatic heterocycles. The van der Waals surface area contributed by atoms with Gasteiger partial charge in [-0.25, -0.2) is 4.98 Å². The van der Waals surface area contributed by atoms with Crippen LogP contribution in [0, 0.1) is 0 Å². The first-order chi connectivity index (χ1) is 9.69. The van der Waals surface area contributed by atoms with Crippen molar-refractivity contribution in [1.82, 2.24) is 4.98 Å². The standard InChI is InChI=1S/C15H17NO3S/c1-2-19-14(18)10-12(15-16-7-8-20-15)9-11-3-5-13(17)6-4-11/h3-8,12,17H,2,9-10H2,1H3/t12-/m0/s1. The van der Waals surface area contributed by atoms with Crippen molar-refractivity contribution >= 4 is 17.3 Å². The van der Waals surface area contributed by atoms with Gasteiger partial charge < -0.3 is 9.84 Å². The minimum atomic E-state index is -0.202. The number of benzene rings is 1. The van der Waals surface area contributed by atoms with Gasteiger partial charge in [-0.05, 0) is 31.0 Å². The predicted octanol–water partition coefficient (Wildman–Crippen LogP) is 3.13. The average molecular weight is 291 g/mol. The highest BCUT2D eigenvalue weighted by Gasteiger charge is 2.19. The number of aromatic hydroxyl groups is 1. The van der Waals surface area contributed by atoms with Crippen molar-refractivity contribution in [3.8, 4) is 5.75 Å². The summed E-state index contributed by atoms with van der Waals surface area (Å²) in [6, 6.07) is 7.03. The van der Waals surface area contributed by atoms with Gasteiger partial charge in [-0.1, -0.05) is 12.1 Å². The normalized spacial score (nSPS) is 12.1. The second kappa shape index (κ2) is 7.05. The highest BCUT2D eigenvalue weighted by molar-refractivity contribution is 7.09. The van der Waals surface area contributed by atoms with E-state index in [0.29, 0.717) is 19.4 Å². The van der Waals surface area contributed by atoms with Gasteiger partial charge >= 0.3 is 5.97 Å². The summed E-state index contributed by atoms with van der Waals surface area (Å²) < 4.78 is 5.03. The van der Waals surface area contributed by atoms with E-state index in [0.717, 1.165) is 10.6 Å². The molecule has 1 atom stereocenters. The number of nitrogens with zero attached hydrogens (tertiary/aromatic N) is 1. The van der Waals surface area contributed by atoms with Crippen LogP contribution in [0.25, 0.3) is 0 Å². The minimum absolute atomic E-state index is 0.0126. The largest absolute Gasteiger partial charge is 0.508 e. The van der Waals surface area contributed by atoms with Crippen molar-refractivity contribution in [2.75, 3.05) is 6.61 Å². The summed E-state index contributed by atoms with van der Waals surface area (Å²) in [5.41, 5.74) is 1.06. The fourth-order valence-corrected chi connectivity index (χ4v) is 2.76. The molecule has 5 heteroatoms. The summed E-state index contributed by atoms with van der Waals surface area (Å²) in [4.78, 5) is 16.0. The molecule has 0 saturated carbocycles. The molecule has 1 heterocycles. The highest BCUT2D eigenvalue weighted by Crippen LogP contribution is 2.27. The van der Waals surface area contributed by atoms with E-state index in [9.17, 15) is 9.90 Å². The minimum Gasteiger partial charge on any atom is -0.508 e. The second-order valence-corrected chi connectivity index (χ2v) is 5.37. The lowest BCUT2D eigenvalue weighted by atomic mass is 9.96. The van der Waals surface area contributed by atoms with Crippen molar-refractivity contribution in [1.29, 1.82) is 0 Å². The molecule has 0 fully saturated rings. The monoisotopic (exact) mass is 291 g/mol. The van der Waals surface area contributed by atoms with Crippen LogP contribution in [0.1, 0.15) is 29.8 Å². The van der Waals surface area contributed by atoms with Crippen LogP contribution in [-0.4, -0.2) is 22.7 Å². The zero-order valence-corrected chi connectivity index (χ0v) is 12.1. The SMILES string of the molecule is CCOC(=O)C[C@H](Cc1ccc(O)cc1)c1nccs1. The topological polar surface area (TPSA) is 59.4 Å². The molecular formula is C15H17NO3S. The van der Waals surface area contributed by atoms with E-state index < -0.39 is 0 Å². The summed E-state index contributed by atoms with van der Waals surface area (Å²) in [6.07, 6.45) is 2.77. The zero-order chi connectivity index (χ0) is 14.4. The van der Waals surface area contributed by atoms with E-state index in [4.69, 9.17) is 4.74 Å². The van der Waals surface area contributed by atoms with Gasteiger partial charge in [0.2, 0.25) is 0 Å². The molecule has 0 aliphatic rings. The Bertz CT molecular complexity index is 537. The number of carbonyl (C=O) groups excluding carboxylic acids is 1. The molecule has 2 aromatic rings. The van der Waals surface area contributed by atoms with Crippen LogP contribution in [-0.2, 0) is 16.0 Å². The number of rotatable bonds is 6. The van der Waals surface area contributed by atoms with Crippen molar-refractivity contribution in [2.24, 2.45) is 0 Å². The van der Waals surface area contributed by atoms with Crippen LogP contribution < -0.4 is 0 Å². The molecule has 0 bridgehead atoms. The Hall–Kier alpha value is -1.88. The summed E-state index contributed by atoms with van der Waals surface area (Å²) in [5, 5.41) is 12.1. The molecule has 0 radical (unpaired) electrons. The number of ether oxygens (including phenoxy) is 1. The van der Waals surface area contributed by atoms with Crippen LogP contribution >= 0.6 is 11.3 Å². The molecule has 0 spiro atoms. The van der Waals surface area contributed by atoms with Crippen LogP contribution in [0.4, 0.5) is 0 Å². The van der Waals surface area contributed by atoms with Gasteiger partial charge in [0.25, 0.3) is 0 Å². The molecule has 1 aromatic heterocycles. The molecule has 1 aromatic carbocycles. The Morgan fingerprint density at radius 3 is 2.75 bits per heavy atom. The van der Waals surface area contributed by atoms with Gasteiger partial charge in [-0.2, -0.15) is 0 Å². The number of hydrogen-bond acceptors (Lipinski definition) is 5. The number of phenolic OH excluding ortho intramolecular Hbond substituents is 1. The average Bonchev–Trinajstić information content (AvgIpc) is 2.95. The lowest BCUT2D eigenvalue weighted by Gasteiger charge is -2.13. The molecule has 0 amide bonds. The van der Waals surface area contributed by atoms with E-state index in [2.05, 4.69) is 4.98 Å². The Kier molecular flexibility index (Phi) is 5.12. The Morgan fingerprint density at radius 1 is 1.40 bits per heavy atom. The van der Waals surface area contributed by atoms with Crippen LogP contribution in [0.3, 0.4) is 0 Å². The molecule has 0 unspecified atom stereocenters. The summed E-state index contributed by atoms with van der Waals surface area (Å²) in [6.45, 7) is 2.19. The fraction of sp³-hybridized carbons (Fsp3) is 0.333. The van der Waals surface area contributed by atoms with Crippen LogP contribution in [0.5, 0.6) is 5.75 Å². The van der Waals surface area contributed by atoms with Crippen molar-refractivity contribution in [3.63, 3.8) is 0 Å². The number of thiazole rings is 1. The van der Waals surface area contributed by atoms with Crippen molar-refractivity contribution in [3.05, 3.63) is 46.4 Å². The Morgan fingerprint density at radius 2 is 2.15 bits per heavy atom. The molecular weight excluding hydrogens is 274 g/mol. The zero-order valence-electron chi connectivity index (χ0n) is 11.3. The van der Waals surface area contributed by atoms with Gasteiger partial charge in [-0.15, -0.1) is 11.3 Å². The summed E-state index contributed by atoms with van der Waals surface area (Å²) >= 11 is 1.55. The smallest absolute Gasteiger partial charge is 0.306 e. The van der Waals surface area contributed by atoms with E-state index in [-0.39, 0.29) is 17.6 Å². The van der Waals surface area contributed by atoms with E-state index in [1.54, 1.807) is 36.6 Å². The molecule has 20 heavy (non-hydrogen) atoms. The maximum absolute atomic E-state index is 11.7. The lowest BCUT2D eigenvalue weighted by Crippen LogP contribution is -2.12. The van der Waals surface area contributed by atoms with Crippen LogP contribution in [0.15, 0.2) is 35.8 Å². The first-order valence-electron chi connectivity index (χ1n) is 6.52. The van der Waals surface area contributed by atoms with E-state index in [1.165, 1.54) is 0 Å². The second-order valence-electron chi connectivity index (χ2n) is 4.45. The third-order valence-corrected chi connectivity index (χ3v) is 3.88. The highest BCUT2D eigenvalue weighted by atomic mass is 32.1. The van der Waals surface area contributed by atoms with Gasteiger partial charge in [0.1, 0.15) is 5.75 Å². The maximum Gasteiger partial charge on any atom is 0.306 e. The van der Waals surface area contributed by atoms with Gasteiger partial charge in [0.05, 0.1) is 18.0 Å². The molecule has 106 valence electrons. The number of carbonyl (C=O) groups is 1. The predicted molar refractivity (Wildman–Crippen MR) is 77.9 cm³/mol. The molecule has 4 nitrogen and oxygen atoms in total. The number of phenols is 1. The van der Waals surface area contributed by atoms with Gasteiger partial charge in [0.15, 0.2) is 0 Å².